The van der Waals surface area contributed by atoms with E-state index in [-0.39, 0.29) is 11.3 Å². The van der Waals surface area contributed by atoms with Gasteiger partial charge in [-0.05, 0) is 12.1 Å². The molecule has 0 radical (unpaired) electrons. The molecule has 0 spiro atoms. The first-order chi connectivity index (χ1) is 12.7. The fourth-order valence-electron chi connectivity index (χ4n) is 2.47. The molecular weight excluding hydrogens is 350 g/mol. The second-order valence-corrected chi connectivity index (χ2v) is 6.28. The van der Waals surface area contributed by atoms with Gasteiger partial charge in [-0.25, -0.2) is 4.79 Å². The third kappa shape index (κ3) is 4.60. The number of anilines is 1. The van der Waals surface area contributed by atoms with Crippen molar-refractivity contribution in [3.8, 4) is 0 Å². The van der Waals surface area contributed by atoms with Crippen molar-refractivity contribution in [2.24, 2.45) is 0 Å². The zero-order valence-corrected chi connectivity index (χ0v) is 15.6. The summed E-state index contributed by atoms with van der Waals surface area (Å²) in [6.45, 7) is 0. The molecule has 0 aliphatic heterocycles. The Bertz CT molecular complexity index is 850. The van der Waals surface area contributed by atoms with Gasteiger partial charge in [-0.2, -0.15) is 0 Å². The Morgan fingerprint density at radius 3 is 2.19 bits per heavy atom. The van der Waals surface area contributed by atoms with E-state index in [9.17, 15) is 19.7 Å². The molecule has 0 aromatic heterocycles. The summed E-state index contributed by atoms with van der Waals surface area (Å²) in [5, 5.41) is 11.3. The second kappa shape index (κ2) is 8.31. The molecule has 2 rings (SSSR count). The van der Waals surface area contributed by atoms with Gasteiger partial charge in [0.05, 0.1) is 10.5 Å². The number of likely N-dealkylation sites (N-methyl/N-ethyl adjacent to an activating group) is 1. The van der Waals surface area contributed by atoms with Crippen molar-refractivity contribution in [2.75, 3.05) is 33.1 Å². The van der Waals surface area contributed by atoms with E-state index >= 15 is 0 Å². The maximum atomic E-state index is 12.6. The number of ether oxygens (including phenoxy) is 1. The highest BCUT2D eigenvalue weighted by Gasteiger charge is 2.28. The number of carbonyl (C=O) groups excluding carboxylic acids is 2. The number of nitro groups is 1. The molecule has 1 amide bonds. The first kappa shape index (κ1) is 19.9. The van der Waals surface area contributed by atoms with Crippen LogP contribution in [-0.2, 0) is 9.53 Å². The van der Waals surface area contributed by atoms with E-state index in [0.29, 0.717) is 11.3 Å². The fourth-order valence-corrected chi connectivity index (χ4v) is 2.47. The number of benzene rings is 2. The molecule has 2 aromatic rings. The minimum Gasteiger partial charge on any atom is -0.444 e. The van der Waals surface area contributed by atoms with Crippen LogP contribution in [0.3, 0.4) is 0 Å². The number of esters is 1. The van der Waals surface area contributed by atoms with Crippen LogP contribution in [0.4, 0.5) is 11.4 Å². The number of hydrogen-bond donors (Lipinski definition) is 0. The Hall–Kier alpha value is -3.42. The van der Waals surface area contributed by atoms with Crippen molar-refractivity contribution < 1.29 is 19.2 Å². The van der Waals surface area contributed by atoms with Gasteiger partial charge in [0.25, 0.3) is 11.6 Å². The average Bonchev–Trinajstić information content (AvgIpc) is 2.65. The lowest BCUT2D eigenvalue weighted by atomic mass is 10.1. The van der Waals surface area contributed by atoms with Gasteiger partial charge in [-0.1, -0.05) is 30.3 Å². The first-order valence-corrected chi connectivity index (χ1v) is 8.15. The summed E-state index contributed by atoms with van der Waals surface area (Å²) in [6, 6.07) is 12.7. The van der Waals surface area contributed by atoms with Crippen molar-refractivity contribution in [1.82, 2.24) is 4.90 Å². The molecule has 2 aromatic carbocycles. The van der Waals surface area contributed by atoms with Crippen LogP contribution in [0.5, 0.6) is 0 Å². The first-order valence-electron chi connectivity index (χ1n) is 8.15. The largest absolute Gasteiger partial charge is 0.444 e. The summed E-state index contributed by atoms with van der Waals surface area (Å²) < 4.78 is 5.41. The molecule has 0 aliphatic carbocycles. The lowest BCUT2D eigenvalue weighted by molar-refractivity contribution is -0.384. The minimum atomic E-state index is -1.14. The van der Waals surface area contributed by atoms with Crippen LogP contribution in [0.15, 0.2) is 48.5 Å². The normalized spacial score (nSPS) is 11.4. The maximum absolute atomic E-state index is 12.6. The Labute approximate surface area is 157 Å². The van der Waals surface area contributed by atoms with Crippen molar-refractivity contribution >= 4 is 23.3 Å². The summed E-state index contributed by atoms with van der Waals surface area (Å²) in [5.74, 6) is -1.22. The molecule has 0 saturated carbocycles. The summed E-state index contributed by atoms with van der Waals surface area (Å²) in [7, 11) is 6.45. The van der Waals surface area contributed by atoms with Crippen molar-refractivity contribution in [2.45, 2.75) is 6.10 Å². The van der Waals surface area contributed by atoms with Gasteiger partial charge in [0.2, 0.25) is 6.10 Å². The predicted molar refractivity (Wildman–Crippen MR) is 101 cm³/mol. The monoisotopic (exact) mass is 371 g/mol. The van der Waals surface area contributed by atoms with E-state index in [0.717, 1.165) is 6.07 Å². The Kier molecular flexibility index (Phi) is 6.12. The average molecular weight is 371 g/mol. The lowest BCUT2D eigenvalue weighted by Gasteiger charge is -2.21. The van der Waals surface area contributed by atoms with Gasteiger partial charge in [-0.15, -0.1) is 0 Å². The topological polar surface area (TPSA) is 93.0 Å². The molecule has 0 aliphatic rings. The molecule has 0 N–H and O–H groups in total. The standard InChI is InChI=1S/C19H21N3O5/c1-20(2)15-11-10-14(12-16(15)22(25)26)19(24)27-17(18(23)21(3)4)13-8-6-5-7-9-13/h5-12,17H,1-4H3/t17-/m1/s1. The third-order valence-corrected chi connectivity index (χ3v) is 3.88. The SMILES string of the molecule is CN(C)C(=O)[C@H](OC(=O)c1ccc(N(C)C)c([N+](=O)[O-])c1)c1ccccc1. The summed E-state index contributed by atoms with van der Waals surface area (Å²) in [6.07, 6.45) is -1.14. The molecule has 8 nitrogen and oxygen atoms in total. The van der Waals surface area contributed by atoms with Gasteiger partial charge in [0, 0.05) is 39.8 Å². The van der Waals surface area contributed by atoms with E-state index < -0.39 is 22.9 Å². The fraction of sp³-hybridized carbons (Fsp3) is 0.263. The quantitative estimate of drug-likeness (QED) is 0.440. The molecule has 27 heavy (non-hydrogen) atoms. The highest BCUT2D eigenvalue weighted by molar-refractivity contribution is 5.94. The van der Waals surface area contributed by atoms with Crippen LogP contribution in [0.1, 0.15) is 22.0 Å². The summed E-state index contributed by atoms with van der Waals surface area (Å²) in [4.78, 5) is 38.7. The van der Waals surface area contributed by atoms with Gasteiger partial charge >= 0.3 is 5.97 Å². The molecule has 142 valence electrons. The number of nitro benzene ring substituents is 1. The van der Waals surface area contributed by atoms with Crippen LogP contribution in [0.2, 0.25) is 0 Å². The van der Waals surface area contributed by atoms with Crippen LogP contribution in [-0.4, -0.2) is 49.9 Å². The summed E-state index contributed by atoms with van der Waals surface area (Å²) in [5.41, 5.74) is 0.661. The van der Waals surface area contributed by atoms with Crippen molar-refractivity contribution in [1.29, 1.82) is 0 Å². The van der Waals surface area contributed by atoms with Crippen LogP contribution in [0.25, 0.3) is 0 Å². The van der Waals surface area contributed by atoms with E-state index in [1.54, 1.807) is 63.4 Å². The summed E-state index contributed by atoms with van der Waals surface area (Å²) >= 11 is 0. The van der Waals surface area contributed by atoms with E-state index in [1.165, 1.54) is 17.0 Å². The van der Waals surface area contributed by atoms with Crippen LogP contribution < -0.4 is 4.90 Å². The third-order valence-electron chi connectivity index (χ3n) is 3.88. The molecule has 1 atom stereocenters. The second-order valence-electron chi connectivity index (χ2n) is 6.28. The van der Waals surface area contributed by atoms with Crippen LogP contribution in [0, 0.1) is 10.1 Å². The molecule has 0 fully saturated rings. The molecule has 0 saturated heterocycles. The van der Waals surface area contributed by atoms with Crippen molar-refractivity contribution in [3.05, 3.63) is 69.8 Å². The maximum Gasteiger partial charge on any atom is 0.339 e. The van der Waals surface area contributed by atoms with Crippen molar-refractivity contribution in [3.63, 3.8) is 0 Å². The predicted octanol–water partition coefficient (Wildman–Crippen LogP) is 2.65. The zero-order valence-electron chi connectivity index (χ0n) is 15.6. The van der Waals surface area contributed by atoms with Gasteiger partial charge < -0.3 is 14.5 Å². The van der Waals surface area contributed by atoms with Crippen LogP contribution >= 0.6 is 0 Å². The number of hydrogen-bond acceptors (Lipinski definition) is 6. The Balaban J connectivity index is 2.36. The highest BCUT2D eigenvalue weighted by atomic mass is 16.6. The molecule has 0 bridgehead atoms. The Morgan fingerprint density at radius 1 is 1.04 bits per heavy atom. The molecule has 8 heteroatoms. The van der Waals surface area contributed by atoms with Gasteiger partial charge in [0.1, 0.15) is 5.69 Å². The molecule has 0 unspecified atom stereocenters. The highest BCUT2D eigenvalue weighted by Crippen LogP contribution is 2.29. The minimum absolute atomic E-state index is 0.000197. The lowest BCUT2D eigenvalue weighted by Crippen LogP contribution is -2.31. The zero-order chi connectivity index (χ0) is 20.1. The smallest absolute Gasteiger partial charge is 0.339 e. The van der Waals surface area contributed by atoms with E-state index in [1.807, 2.05) is 0 Å². The van der Waals surface area contributed by atoms with E-state index in [4.69, 9.17) is 4.74 Å². The number of carbonyl (C=O) groups is 2. The van der Waals surface area contributed by atoms with E-state index in [2.05, 4.69) is 0 Å². The van der Waals surface area contributed by atoms with Gasteiger partial charge in [0.15, 0.2) is 0 Å². The number of rotatable bonds is 6. The Morgan fingerprint density at radius 2 is 1.67 bits per heavy atom. The van der Waals surface area contributed by atoms with Gasteiger partial charge in [-0.3, -0.25) is 14.9 Å². The number of amides is 1. The number of nitrogens with zero attached hydrogens (tertiary/aromatic N) is 3. The molecule has 0 heterocycles. The molecular formula is C19H21N3O5.